The Morgan fingerprint density at radius 3 is 2.38 bits per heavy atom. The van der Waals surface area contributed by atoms with Gasteiger partial charge in [0.25, 0.3) is 5.91 Å². The molecule has 15 heteroatoms. The first-order valence-electron chi connectivity index (χ1n) is 10.8. The third-order valence-electron chi connectivity index (χ3n) is 6.16. The Morgan fingerprint density at radius 1 is 1.14 bits per heavy atom. The van der Waals surface area contributed by atoms with Crippen LogP contribution in [-0.2, 0) is 21.6 Å². The number of hydrogen-bond donors (Lipinski definition) is 1. The van der Waals surface area contributed by atoms with Crippen molar-refractivity contribution < 1.29 is 40.6 Å². The maximum Gasteiger partial charge on any atom is 0.416 e. The van der Waals surface area contributed by atoms with Crippen molar-refractivity contribution in [3.05, 3.63) is 40.5 Å². The zero-order chi connectivity index (χ0) is 26.6. The average Bonchev–Trinajstić information content (AvgIpc) is 3.29. The fraction of sp³-hybridized carbons (Fsp3) is 0.364. The minimum Gasteiger partial charge on any atom is -0.481 e. The van der Waals surface area contributed by atoms with E-state index < -0.39 is 33.1 Å². The lowest BCUT2D eigenvalue weighted by Crippen LogP contribution is -2.43. The number of nitrogens with zero attached hydrogens (tertiary/aromatic N) is 3. The lowest BCUT2D eigenvalue weighted by molar-refractivity contribution is -0.137. The van der Waals surface area contributed by atoms with Crippen molar-refractivity contribution in [2.45, 2.75) is 24.6 Å². The summed E-state index contributed by atoms with van der Waals surface area (Å²) in [6, 6.07) is 3.06. The molecular formula is C22H19F3N4O6S2. The van der Waals surface area contributed by atoms with E-state index in [1.54, 1.807) is 0 Å². The second-order valence-corrected chi connectivity index (χ2v) is 11.7. The highest BCUT2D eigenvalue weighted by atomic mass is 32.2. The number of alkyl halides is 3. The number of benzene rings is 1. The molecule has 2 aromatic heterocycles. The zero-order valence-electron chi connectivity index (χ0n) is 19.4. The molecule has 1 amide bonds. The summed E-state index contributed by atoms with van der Waals surface area (Å²) in [7, 11) is -0.671. The van der Waals surface area contributed by atoms with Crippen molar-refractivity contribution in [3.8, 4) is 28.8 Å². The van der Waals surface area contributed by atoms with Gasteiger partial charge in [0.1, 0.15) is 17.7 Å². The minimum absolute atomic E-state index is 0.0295. The topological polar surface area (TPSA) is 130 Å². The zero-order valence-corrected chi connectivity index (χ0v) is 21.0. The highest BCUT2D eigenvalue weighted by Gasteiger charge is 2.48. The molecule has 196 valence electrons. The first-order valence-corrected chi connectivity index (χ1v) is 13.5. The standard InChI is InChI=1S/C22H19F3N4O6S2/c1-33-18-14(19(34-2)27-10-26-18)17(30)29-20-28-15-12-4-3-11(22(23,24)25)9-13(12)35-21(16(15)36-20)5-7-37(31,32)8-6-21/h3-4,9-10H,5-8H2,1-2H3,(H,28,29,30). The van der Waals surface area contributed by atoms with E-state index in [0.717, 1.165) is 23.5 Å². The number of thiazole rings is 1. The Morgan fingerprint density at radius 2 is 1.78 bits per heavy atom. The predicted octanol–water partition coefficient (Wildman–Crippen LogP) is 3.68. The van der Waals surface area contributed by atoms with E-state index in [9.17, 15) is 26.4 Å². The third-order valence-corrected chi connectivity index (χ3v) is 8.96. The second-order valence-electron chi connectivity index (χ2n) is 8.37. The van der Waals surface area contributed by atoms with Gasteiger partial charge in [0.05, 0.1) is 41.9 Å². The SMILES string of the molecule is COc1ncnc(OC)c1C(=O)Nc1nc2c(s1)C1(CCS(=O)(=O)CC1)Oc1cc(C(F)(F)F)ccc1-2. The number of fused-ring (bicyclic) bond motifs is 4. The number of ether oxygens (including phenoxy) is 3. The number of carbonyl (C=O) groups is 1. The molecule has 0 radical (unpaired) electrons. The molecule has 3 aromatic rings. The minimum atomic E-state index is -4.60. The van der Waals surface area contributed by atoms with E-state index in [0.29, 0.717) is 16.1 Å². The molecule has 2 aliphatic heterocycles. The highest BCUT2D eigenvalue weighted by molar-refractivity contribution is 7.91. The molecule has 1 fully saturated rings. The number of carbonyl (C=O) groups excluding carboxylic acids is 1. The maximum atomic E-state index is 13.4. The number of rotatable bonds is 4. The van der Waals surface area contributed by atoms with E-state index >= 15 is 0 Å². The molecule has 0 atom stereocenters. The number of halogens is 3. The number of sulfone groups is 1. The van der Waals surface area contributed by atoms with Crippen LogP contribution in [0.15, 0.2) is 24.5 Å². The van der Waals surface area contributed by atoms with E-state index in [1.807, 2.05) is 0 Å². The largest absolute Gasteiger partial charge is 0.481 e. The smallest absolute Gasteiger partial charge is 0.416 e. The summed E-state index contributed by atoms with van der Waals surface area (Å²) < 4.78 is 80.9. The normalized spacial score (nSPS) is 17.3. The van der Waals surface area contributed by atoms with Crippen LogP contribution in [0.2, 0.25) is 0 Å². The van der Waals surface area contributed by atoms with Crippen molar-refractivity contribution in [3.63, 3.8) is 0 Å². The molecule has 5 rings (SSSR count). The Hall–Kier alpha value is -3.46. The molecule has 0 unspecified atom stereocenters. The van der Waals surface area contributed by atoms with E-state index in [2.05, 4.69) is 20.3 Å². The van der Waals surface area contributed by atoms with Gasteiger partial charge in [-0.05, 0) is 18.2 Å². The number of amides is 1. The number of methoxy groups -OCH3 is 2. The summed E-state index contributed by atoms with van der Waals surface area (Å²) in [5.74, 6) is -1.20. The molecule has 4 heterocycles. The van der Waals surface area contributed by atoms with Gasteiger partial charge in [-0.25, -0.2) is 23.4 Å². The Bertz CT molecular complexity index is 1470. The van der Waals surface area contributed by atoms with Crippen molar-refractivity contribution in [2.75, 3.05) is 31.0 Å². The van der Waals surface area contributed by atoms with Gasteiger partial charge in [0.2, 0.25) is 11.8 Å². The molecule has 0 bridgehead atoms. The molecule has 0 aliphatic carbocycles. The van der Waals surface area contributed by atoms with Crippen molar-refractivity contribution in [1.82, 2.24) is 15.0 Å². The molecular weight excluding hydrogens is 537 g/mol. The van der Waals surface area contributed by atoms with Crippen LogP contribution < -0.4 is 19.5 Å². The van der Waals surface area contributed by atoms with Crippen LogP contribution in [0, 0.1) is 0 Å². The second kappa shape index (κ2) is 8.83. The first-order chi connectivity index (χ1) is 17.5. The lowest BCUT2D eigenvalue weighted by Gasteiger charge is -2.40. The number of hydrogen-bond acceptors (Lipinski definition) is 10. The van der Waals surface area contributed by atoms with Crippen molar-refractivity contribution in [2.24, 2.45) is 0 Å². The number of aromatic nitrogens is 3. The van der Waals surface area contributed by atoms with E-state index in [4.69, 9.17) is 14.2 Å². The van der Waals surface area contributed by atoms with E-state index in [-0.39, 0.29) is 52.6 Å². The Kier molecular flexibility index (Phi) is 6.02. The fourth-order valence-corrected chi connectivity index (χ4v) is 6.96. The molecule has 1 aromatic carbocycles. The number of anilines is 1. The monoisotopic (exact) mass is 556 g/mol. The Labute approximate surface area is 212 Å². The fourth-order valence-electron chi connectivity index (χ4n) is 4.32. The summed E-state index contributed by atoms with van der Waals surface area (Å²) >= 11 is 1.06. The molecule has 0 saturated carbocycles. The van der Waals surface area contributed by atoms with Crippen LogP contribution in [0.1, 0.15) is 33.6 Å². The predicted molar refractivity (Wildman–Crippen MR) is 126 cm³/mol. The molecule has 10 nitrogen and oxygen atoms in total. The van der Waals surface area contributed by atoms with Gasteiger partial charge in [0.15, 0.2) is 20.5 Å². The van der Waals surface area contributed by atoms with E-state index in [1.165, 1.54) is 26.6 Å². The van der Waals surface area contributed by atoms with Crippen LogP contribution in [-0.4, -0.2) is 55.0 Å². The molecule has 2 aliphatic rings. The van der Waals surface area contributed by atoms with Gasteiger partial charge in [-0.3, -0.25) is 10.1 Å². The van der Waals surface area contributed by atoms with Crippen molar-refractivity contribution >= 4 is 32.2 Å². The lowest BCUT2D eigenvalue weighted by atomic mass is 9.88. The first kappa shape index (κ1) is 25.2. The molecule has 37 heavy (non-hydrogen) atoms. The quantitative estimate of drug-likeness (QED) is 0.511. The molecule has 1 saturated heterocycles. The maximum absolute atomic E-state index is 13.4. The van der Waals surface area contributed by atoms with Crippen LogP contribution in [0.25, 0.3) is 11.3 Å². The summed E-state index contributed by atoms with van der Waals surface area (Å²) in [6.07, 6.45) is -3.37. The summed E-state index contributed by atoms with van der Waals surface area (Å²) in [6.45, 7) is 0. The van der Waals surface area contributed by atoms with Gasteiger partial charge in [0, 0.05) is 18.4 Å². The van der Waals surface area contributed by atoms with Gasteiger partial charge in [-0.1, -0.05) is 11.3 Å². The summed E-state index contributed by atoms with van der Waals surface area (Å²) in [4.78, 5) is 26.0. The molecule has 1 N–H and O–H groups in total. The van der Waals surface area contributed by atoms with Crippen molar-refractivity contribution in [1.29, 1.82) is 0 Å². The highest BCUT2D eigenvalue weighted by Crippen LogP contribution is 2.53. The molecule has 1 spiro atoms. The summed E-state index contributed by atoms with van der Waals surface area (Å²) in [5.41, 5.74) is -1.57. The van der Waals surface area contributed by atoms with Crippen LogP contribution in [0.3, 0.4) is 0 Å². The average molecular weight is 557 g/mol. The Balaban J connectivity index is 1.58. The van der Waals surface area contributed by atoms with Gasteiger partial charge in [-0.2, -0.15) is 13.2 Å². The van der Waals surface area contributed by atoms with Gasteiger partial charge < -0.3 is 14.2 Å². The third kappa shape index (κ3) is 4.45. The van der Waals surface area contributed by atoms with Crippen LogP contribution >= 0.6 is 11.3 Å². The number of nitrogens with one attached hydrogen (secondary N) is 1. The van der Waals surface area contributed by atoms with Gasteiger partial charge in [-0.15, -0.1) is 0 Å². The van der Waals surface area contributed by atoms with Gasteiger partial charge >= 0.3 is 6.18 Å². The van der Waals surface area contributed by atoms with Crippen LogP contribution in [0.5, 0.6) is 17.5 Å². The van der Waals surface area contributed by atoms with Crippen LogP contribution in [0.4, 0.5) is 18.3 Å². The summed E-state index contributed by atoms with van der Waals surface area (Å²) in [5, 5.41) is 2.76.